The van der Waals surface area contributed by atoms with Crippen molar-refractivity contribution < 1.29 is 32.2 Å². The van der Waals surface area contributed by atoms with Gasteiger partial charge in [-0.05, 0) is 25.5 Å². The van der Waals surface area contributed by atoms with E-state index < -0.39 is 33.9 Å². The fourth-order valence-electron chi connectivity index (χ4n) is 2.74. The summed E-state index contributed by atoms with van der Waals surface area (Å²) in [7, 11) is -3.11. The van der Waals surface area contributed by atoms with Crippen LogP contribution in [0.1, 0.15) is 23.7 Å². The summed E-state index contributed by atoms with van der Waals surface area (Å²) in [6.07, 6.45) is -0.732. The predicted molar refractivity (Wildman–Crippen MR) is 92.5 cm³/mol. The van der Waals surface area contributed by atoms with Crippen molar-refractivity contribution in [2.24, 2.45) is 0 Å². The molecule has 10 heteroatoms. The Bertz CT molecular complexity index is 839. The Kier molecular flexibility index (Phi) is 5.29. The molecule has 1 fully saturated rings. The largest absolute Gasteiger partial charge is 0.486 e. The van der Waals surface area contributed by atoms with Gasteiger partial charge in [-0.2, -0.15) is 0 Å². The lowest BCUT2D eigenvalue weighted by molar-refractivity contribution is -0.129. The number of hydrogen-bond donors (Lipinski definition) is 1. The van der Waals surface area contributed by atoms with Gasteiger partial charge in [0.25, 0.3) is 5.91 Å². The summed E-state index contributed by atoms with van der Waals surface area (Å²) in [5.74, 6) is -0.653. The van der Waals surface area contributed by atoms with E-state index in [1.165, 1.54) is 19.1 Å². The summed E-state index contributed by atoms with van der Waals surface area (Å²) in [5, 5.41) is 2.80. The molecular weight excluding hydrogens is 386 g/mol. The zero-order valence-corrected chi connectivity index (χ0v) is 15.6. The second kappa shape index (κ2) is 7.32. The number of carbonyl (C=O) groups excluding carboxylic acids is 2. The van der Waals surface area contributed by atoms with Crippen LogP contribution < -0.4 is 14.8 Å². The van der Waals surface area contributed by atoms with E-state index in [0.717, 1.165) is 0 Å². The van der Waals surface area contributed by atoms with Crippen LogP contribution in [0.15, 0.2) is 12.1 Å². The van der Waals surface area contributed by atoms with Crippen LogP contribution in [0.5, 0.6) is 11.5 Å². The van der Waals surface area contributed by atoms with Crippen molar-refractivity contribution >= 4 is 33.3 Å². The van der Waals surface area contributed by atoms with Crippen LogP contribution in [0.2, 0.25) is 5.02 Å². The van der Waals surface area contributed by atoms with Crippen LogP contribution in [-0.4, -0.2) is 57.2 Å². The van der Waals surface area contributed by atoms with E-state index in [9.17, 15) is 18.0 Å². The number of sulfone groups is 1. The predicted octanol–water partition coefficient (Wildman–Crippen LogP) is 0.960. The van der Waals surface area contributed by atoms with E-state index in [1.54, 1.807) is 0 Å². The fraction of sp³-hybridized carbons (Fsp3) is 0.500. The molecule has 0 bridgehead atoms. The number of carbonyl (C=O) groups is 2. The van der Waals surface area contributed by atoms with Crippen molar-refractivity contribution in [3.8, 4) is 11.5 Å². The Balaban J connectivity index is 1.62. The number of nitrogens with one attached hydrogen (secondary N) is 1. The average molecular weight is 404 g/mol. The lowest BCUT2D eigenvalue weighted by Crippen LogP contribution is -2.42. The fourth-order valence-corrected chi connectivity index (χ4v) is 4.68. The van der Waals surface area contributed by atoms with Gasteiger partial charge < -0.3 is 19.5 Å². The third-order valence-electron chi connectivity index (χ3n) is 4.06. The van der Waals surface area contributed by atoms with E-state index in [4.69, 9.17) is 25.8 Å². The van der Waals surface area contributed by atoms with E-state index in [-0.39, 0.29) is 22.1 Å². The highest BCUT2D eigenvalue weighted by molar-refractivity contribution is 7.91. The van der Waals surface area contributed by atoms with Gasteiger partial charge in [0.1, 0.15) is 13.2 Å². The molecule has 26 heavy (non-hydrogen) atoms. The first-order valence-electron chi connectivity index (χ1n) is 8.06. The lowest BCUT2D eigenvalue weighted by Gasteiger charge is -2.20. The van der Waals surface area contributed by atoms with Gasteiger partial charge >= 0.3 is 5.97 Å². The van der Waals surface area contributed by atoms with Crippen molar-refractivity contribution in [3.05, 3.63) is 22.7 Å². The average Bonchev–Trinajstić information content (AvgIpc) is 2.93. The zero-order chi connectivity index (χ0) is 18.9. The van der Waals surface area contributed by atoms with Crippen LogP contribution in [0.25, 0.3) is 0 Å². The van der Waals surface area contributed by atoms with Crippen LogP contribution in [0, 0.1) is 0 Å². The third-order valence-corrected chi connectivity index (χ3v) is 6.11. The van der Waals surface area contributed by atoms with Crippen LogP contribution in [0.4, 0.5) is 0 Å². The number of fused-ring (bicyclic) bond motifs is 1. The zero-order valence-electron chi connectivity index (χ0n) is 14.0. The second-order valence-electron chi connectivity index (χ2n) is 6.14. The number of halogens is 1. The molecule has 2 heterocycles. The van der Waals surface area contributed by atoms with Gasteiger partial charge in [0, 0.05) is 6.04 Å². The number of esters is 1. The smallest absolute Gasteiger partial charge is 0.339 e. The summed E-state index contributed by atoms with van der Waals surface area (Å²) in [6, 6.07) is 2.36. The highest BCUT2D eigenvalue weighted by Gasteiger charge is 2.31. The number of hydrogen-bond acceptors (Lipinski definition) is 7. The lowest BCUT2D eigenvalue weighted by atomic mass is 10.2. The van der Waals surface area contributed by atoms with Crippen molar-refractivity contribution in [2.45, 2.75) is 25.5 Å². The SMILES string of the molecule is C[C@H](OC(=O)c1cc(Cl)c2c(c1)OCCO2)C(=O)N[C@H]1CCS(=O)(=O)C1. The van der Waals surface area contributed by atoms with Crippen LogP contribution >= 0.6 is 11.6 Å². The summed E-state index contributed by atoms with van der Waals surface area (Å²) < 4.78 is 38.8. The first-order chi connectivity index (χ1) is 12.2. The van der Waals surface area contributed by atoms with Gasteiger partial charge in [-0.3, -0.25) is 4.79 Å². The summed E-state index contributed by atoms with van der Waals surface area (Å²) >= 11 is 6.08. The minimum atomic E-state index is -3.11. The molecule has 1 amide bonds. The first-order valence-corrected chi connectivity index (χ1v) is 10.3. The monoisotopic (exact) mass is 403 g/mol. The highest BCUT2D eigenvalue weighted by atomic mass is 35.5. The quantitative estimate of drug-likeness (QED) is 0.746. The normalized spacial score (nSPS) is 21.7. The minimum absolute atomic E-state index is 0.0435. The molecule has 0 saturated carbocycles. The van der Waals surface area contributed by atoms with Crippen LogP contribution in [0.3, 0.4) is 0 Å². The number of rotatable bonds is 4. The van der Waals surface area contributed by atoms with Crippen LogP contribution in [-0.2, 0) is 19.4 Å². The summed E-state index contributed by atoms with van der Waals surface area (Å²) in [5.41, 5.74) is 0.127. The van der Waals surface area contributed by atoms with Gasteiger partial charge in [0.2, 0.25) is 0 Å². The number of amides is 1. The minimum Gasteiger partial charge on any atom is -0.486 e. The molecule has 3 rings (SSSR count). The Morgan fingerprint density at radius 1 is 1.31 bits per heavy atom. The molecule has 0 radical (unpaired) electrons. The molecule has 2 aliphatic rings. The molecular formula is C16H18ClNO7S. The summed E-state index contributed by atoms with van der Waals surface area (Å²) in [4.78, 5) is 24.4. The molecule has 1 aromatic carbocycles. The molecule has 1 aromatic rings. The van der Waals surface area contributed by atoms with Crippen molar-refractivity contribution in [3.63, 3.8) is 0 Å². The maximum absolute atomic E-state index is 12.3. The molecule has 8 nitrogen and oxygen atoms in total. The maximum Gasteiger partial charge on any atom is 0.339 e. The van der Waals surface area contributed by atoms with Crippen molar-refractivity contribution in [1.29, 1.82) is 0 Å². The van der Waals surface area contributed by atoms with E-state index in [2.05, 4.69) is 5.32 Å². The van der Waals surface area contributed by atoms with Crippen molar-refractivity contribution in [1.82, 2.24) is 5.32 Å². The Hall–Kier alpha value is -2.00. The molecule has 1 saturated heterocycles. The van der Waals surface area contributed by atoms with Gasteiger partial charge in [0.05, 0.1) is 22.1 Å². The third kappa shape index (κ3) is 4.21. The summed E-state index contributed by atoms with van der Waals surface area (Å²) in [6.45, 7) is 2.12. The van der Waals surface area contributed by atoms with Crippen molar-refractivity contribution in [2.75, 3.05) is 24.7 Å². The van der Waals surface area contributed by atoms with Gasteiger partial charge in [-0.1, -0.05) is 11.6 Å². The molecule has 0 aromatic heterocycles. The number of ether oxygens (including phenoxy) is 3. The van der Waals surface area contributed by atoms with Gasteiger partial charge in [0.15, 0.2) is 27.4 Å². The van der Waals surface area contributed by atoms with E-state index >= 15 is 0 Å². The van der Waals surface area contributed by atoms with E-state index in [0.29, 0.717) is 31.1 Å². The Morgan fingerprint density at radius 2 is 2.04 bits per heavy atom. The maximum atomic E-state index is 12.3. The molecule has 0 unspecified atom stereocenters. The Labute approximate surface area is 155 Å². The molecule has 0 aliphatic carbocycles. The standard InChI is InChI=1S/C16H18ClNO7S/c1-9(15(19)18-11-2-5-26(21,22)8-11)25-16(20)10-6-12(17)14-13(7-10)23-3-4-24-14/h6-7,9,11H,2-5,8H2,1H3,(H,18,19)/t9-,11-/m0/s1. The molecule has 2 aliphatic heterocycles. The molecule has 1 N–H and O–H groups in total. The number of benzene rings is 1. The van der Waals surface area contributed by atoms with E-state index in [1.807, 2.05) is 0 Å². The van der Waals surface area contributed by atoms with Gasteiger partial charge in [-0.15, -0.1) is 0 Å². The highest BCUT2D eigenvalue weighted by Crippen LogP contribution is 2.38. The second-order valence-corrected chi connectivity index (χ2v) is 8.77. The topological polar surface area (TPSA) is 108 Å². The van der Waals surface area contributed by atoms with Gasteiger partial charge in [-0.25, -0.2) is 13.2 Å². The molecule has 0 spiro atoms. The Morgan fingerprint density at radius 3 is 2.73 bits per heavy atom. The first kappa shape index (κ1) is 18.8. The molecule has 142 valence electrons. The molecule has 2 atom stereocenters.